The van der Waals surface area contributed by atoms with Gasteiger partial charge in [0.1, 0.15) is 5.75 Å². The Bertz CT molecular complexity index is 417. The first-order chi connectivity index (χ1) is 7.67. The van der Waals surface area contributed by atoms with Crippen LogP contribution in [0.2, 0.25) is 0 Å². The maximum Gasteiger partial charge on any atom is 0.337 e. The molecule has 0 bridgehead atoms. The molecule has 2 unspecified atom stereocenters. The van der Waals surface area contributed by atoms with Crippen LogP contribution in [0.25, 0.3) is 0 Å². The first kappa shape index (κ1) is 11.0. The molecule has 16 heavy (non-hydrogen) atoms. The molecule has 0 aromatic heterocycles. The van der Waals surface area contributed by atoms with Crippen molar-refractivity contribution in [2.75, 3.05) is 14.2 Å². The van der Waals surface area contributed by atoms with Crippen LogP contribution < -0.4 is 10.5 Å². The number of ether oxygens (including phenoxy) is 2. The van der Waals surface area contributed by atoms with Crippen LogP contribution in [0.5, 0.6) is 5.75 Å². The summed E-state index contributed by atoms with van der Waals surface area (Å²) in [5.41, 5.74) is 7.35. The molecule has 1 aliphatic rings. The molecule has 0 heterocycles. The number of nitrogens with two attached hydrogens (primary N) is 1. The lowest BCUT2D eigenvalue weighted by molar-refractivity contribution is 0.0600. The van der Waals surface area contributed by atoms with Gasteiger partial charge in [-0.3, -0.25) is 0 Å². The van der Waals surface area contributed by atoms with Gasteiger partial charge in [-0.2, -0.15) is 0 Å². The molecule has 1 aliphatic carbocycles. The second kappa shape index (κ2) is 4.14. The van der Waals surface area contributed by atoms with Gasteiger partial charge in [0, 0.05) is 12.0 Å². The van der Waals surface area contributed by atoms with E-state index in [0.717, 1.165) is 17.7 Å². The fourth-order valence-electron chi connectivity index (χ4n) is 1.84. The predicted molar refractivity (Wildman–Crippen MR) is 59.7 cm³/mol. The fourth-order valence-corrected chi connectivity index (χ4v) is 1.84. The zero-order chi connectivity index (χ0) is 11.7. The molecule has 0 radical (unpaired) electrons. The lowest BCUT2D eigenvalue weighted by Gasteiger charge is -2.09. The van der Waals surface area contributed by atoms with Gasteiger partial charge in [-0.25, -0.2) is 4.79 Å². The molecule has 4 heteroatoms. The smallest absolute Gasteiger partial charge is 0.337 e. The quantitative estimate of drug-likeness (QED) is 0.781. The normalized spacial score (nSPS) is 22.7. The van der Waals surface area contributed by atoms with E-state index in [1.54, 1.807) is 19.2 Å². The molecule has 0 amide bonds. The van der Waals surface area contributed by atoms with E-state index in [-0.39, 0.29) is 12.0 Å². The van der Waals surface area contributed by atoms with Gasteiger partial charge in [0.15, 0.2) is 0 Å². The Morgan fingerprint density at radius 3 is 2.62 bits per heavy atom. The monoisotopic (exact) mass is 221 g/mol. The fraction of sp³-hybridized carbons (Fsp3) is 0.417. The molecule has 1 aromatic carbocycles. The number of benzene rings is 1. The van der Waals surface area contributed by atoms with Crippen LogP contribution in [0.3, 0.4) is 0 Å². The zero-order valence-electron chi connectivity index (χ0n) is 9.40. The Balaban J connectivity index is 2.35. The molecule has 2 rings (SSSR count). The molecule has 2 N–H and O–H groups in total. The van der Waals surface area contributed by atoms with Crippen molar-refractivity contribution in [3.63, 3.8) is 0 Å². The van der Waals surface area contributed by atoms with Crippen molar-refractivity contribution in [3.8, 4) is 5.75 Å². The number of hydrogen-bond donors (Lipinski definition) is 1. The van der Waals surface area contributed by atoms with E-state index in [1.807, 2.05) is 6.07 Å². The van der Waals surface area contributed by atoms with Gasteiger partial charge in [-0.05, 0) is 30.2 Å². The van der Waals surface area contributed by atoms with E-state index in [9.17, 15) is 4.79 Å². The Hall–Kier alpha value is -1.55. The maximum atomic E-state index is 11.4. The van der Waals surface area contributed by atoms with E-state index in [1.165, 1.54) is 7.11 Å². The first-order valence-corrected chi connectivity index (χ1v) is 5.19. The Morgan fingerprint density at radius 2 is 2.12 bits per heavy atom. The van der Waals surface area contributed by atoms with Crippen molar-refractivity contribution in [1.82, 2.24) is 0 Å². The van der Waals surface area contributed by atoms with E-state index < -0.39 is 0 Å². The highest BCUT2D eigenvalue weighted by molar-refractivity contribution is 5.89. The molecule has 0 saturated heterocycles. The minimum Gasteiger partial charge on any atom is -0.496 e. The summed E-state index contributed by atoms with van der Waals surface area (Å²) in [6.07, 6.45) is 0.945. The van der Waals surface area contributed by atoms with Crippen molar-refractivity contribution >= 4 is 5.97 Å². The van der Waals surface area contributed by atoms with Gasteiger partial charge in [0.25, 0.3) is 0 Å². The average molecular weight is 221 g/mol. The summed E-state index contributed by atoms with van der Waals surface area (Å²) in [4.78, 5) is 11.4. The number of carbonyl (C=O) groups is 1. The number of methoxy groups -OCH3 is 2. The van der Waals surface area contributed by atoms with E-state index in [4.69, 9.17) is 10.5 Å². The molecular formula is C12H15NO3. The average Bonchev–Trinajstić information content (AvgIpc) is 3.04. The number of esters is 1. The van der Waals surface area contributed by atoms with Gasteiger partial charge < -0.3 is 15.2 Å². The summed E-state index contributed by atoms with van der Waals surface area (Å²) in [6.45, 7) is 0. The van der Waals surface area contributed by atoms with Crippen LogP contribution >= 0.6 is 0 Å². The second-order valence-electron chi connectivity index (χ2n) is 3.95. The van der Waals surface area contributed by atoms with Crippen LogP contribution in [0.4, 0.5) is 0 Å². The lowest BCUT2D eigenvalue weighted by atomic mass is 10.1. The Labute approximate surface area is 94.3 Å². The van der Waals surface area contributed by atoms with Gasteiger partial charge in [-0.15, -0.1) is 0 Å². The molecule has 4 nitrogen and oxygen atoms in total. The van der Waals surface area contributed by atoms with Crippen LogP contribution in [0.15, 0.2) is 18.2 Å². The molecule has 1 saturated carbocycles. The van der Waals surface area contributed by atoms with Crippen LogP contribution in [-0.4, -0.2) is 26.2 Å². The van der Waals surface area contributed by atoms with Crippen molar-refractivity contribution < 1.29 is 14.3 Å². The van der Waals surface area contributed by atoms with Gasteiger partial charge in [0.2, 0.25) is 0 Å². The molecule has 86 valence electrons. The highest BCUT2D eigenvalue weighted by Gasteiger charge is 2.37. The SMILES string of the molecule is COC(=O)c1ccc(OC)c(C2CC2N)c1. The lowest BCUT2D eigenvalue weighted by Crippen LogP contribution is -2.05. The van der Waals surface area contributed by atoms with E-state index >= 15 is 0 Å². The summed E-state index contributed by atoms with van der Waals surface area (Å²) in [5.74, 6) is 0.753. The van der Waals surface area contributed by atoms with Gasteiger partial charge in [-0.1, -0.05) is 0 Å². The summed E-state index contributed by atoms with van der Waals surface area (Å²) in [5, 5.41) is 0. The van der Waals surface area contributed by atoms with Crippen LogP contribution in [-0.2, 0) is 4.74 Å². The van der Waals surface area contributed by atoms with Crippen molar-refractivity contribution in [2.45, 2.75) is 18.4 Å². The highest BCUT2D eigenvalue weighted by atomic mass is 16.5. The number of rotatable bonds is 3. The van der Waals surface area contributed by atoms with Crippen molar-refractivity contribution in [3.05, 3.63) is 29.3 Å². The Morgan fingerprint density at radius 1 is 1.44 bits per heavy atom. The van der Waals surface area contributed by atoms with Gasteiger partial charge >= 0.3 is 5.97 Å². The summed E-state index contributed by atoms with van der Waals surface area (Å²) in [7, 11) is 2.99. The minimum atomic E-state index is -0.335. The largest absolute Gasteiger partial charge is 0.496 e. The topological polar surface area (TPSA) is 61.5 Å². The molecule has 0 aliphatic heterocycles. The summed E-state index contributed by atoms with van der Waals surface area (Å²) >= 11 is 0. The second-order valence-corrected chi connectivity index (χ2v) is 3.95. The summed E-state index contributed by atoms with van der Waals surface area (Å²) in [6, 6.07) is 5.47. The third-order valence-corrected chi connectivity index (χ3v) is 2.89. The molecule has 1 fully saturated rings. The molecule has 2 atom stereocenters. The zero-order valence-corrected chi connectivity index (χ0v) is 9.40. The first-order valence-electron chi connectivity index (χ1n) is 5.19. The molecule has 0 spiro atoms. The predicted octanol–water partition coefficient (Wildman–Crippen LogP) is 1.30. The molecule has 1 aromatic rings. The third kappa shape index (κ3) is 1.88. The molecular weight excluding hydrogens is 206 g/mol. The number of hydrogen-bond acceptors (Lipinski definition) is 4. The standard InChI is InChI=1S/C12H15NO3/c1-15-11-4-3-7(12(14)16-2)5-9(11)8-6-10(8)13/h3-5,8,10H,6,13H2,1-2H3. The van der Waals surface area contributed by atoms with E-state index in [0.29, 0.717) is 11.5 Å². The number of carbonyl (C=O) groups excluding carboxylic acids is 1. The van der Waals surface area contributed by atoms with Crippen LogP contribution in [0.1, 0.15) is 28.3 Å². The summed E-state index contributed by atoms with van der Waals surface area (Å²) < 4.78 is 9.94. The van der Waals surface area contributed by atoms with E-state index in [2.05, 4.69) is 4.74 Å². The van der Waals surface area contributed by atoms with Gasteiger partial charge in [0.05, 0.1) is 19.8 Å². The van der Waals surface area contributed by atoms with Crippen molar-refractivity contribution in [2.24, 2.45) is 5.73 Å². The third-order valence-electron chi connectivity index (χ3n) is 2.89. The Kier molecular flexibility index (Phi) is 2.83. The van der Waals surface area contributed by atoms with Crippen molar-refractivity contribution in [1.29, 1.82) is 0 Å². The maximum absolute atomic E-state index is 11.4. The highest BCUT2D eigenvalue weighted by Crippen LogP contribution is 2.43. The minimum absolute atomic E-state index is 0.182. The van der Waals surface area contributed by atoms with Crippen LogP contribution in [0, 0.1) is 0 Å².